The number of hydrogen-bond donors (Lipinski definition) is 2. The summed E-state index contributed by atoms with van der Waals surface area (Å²) < 4.78 is 27.5. The molecule has 1 atom stereocenters. The molecule has 2 rings (SSSR count). The normalized spacial score (nSPS) is 12.4. The highest BCUT2D eigenvalue weighted by Gasteiger charge is 2.18. The molecule has 0 radical (unpaired) electrons. The minimum Gasteiger partial charge on any atom is -0.350 e. The van der Waals surface area contributed by atoms with Crippen LogP contribution in [-0.2, 0) is 14.8 Å². The average Bonchev–Trinajstić information content (AvgIpc) is 2.65. The number of aromatic nitrogens is 1. The topological polar surface area (TPSA) is 91.4 Å². The van der Waals surface area contributed by atoms with Crippen LogP contribution in [0, 0.1) is 13.8 Å². The van der Waals surface area contributed by atoms with Gasteiger partial charge in [-0.3, -0.25) is 4.79 Å². The van der Waals surface area contributed by atoms with Crippen LogP contribution in [0.1, 0.15) is 37.8 Å². The van der Waals surface area contributed by atoms with E-state index >= 15 is 0 Å². The molecule has 8 heteroatoms. The molecule has 0 aliphatic heterocycles. The Labute approximate surface area is 173 Å². The third-order valence-corrected chi connectivity index (χ3v) is 6.33. The molecule has 0 saturated heterocycles. The maximum atomic E-state index is 12.4. The molecule has 1 aromatic heterocycles. The first-order valence-corrected chi connectivity index (χ1v) is 11.2. The largest absolute Gasteiger partial charge is 0.350 e. The number of hydrogen-bond acceptors (Lipinski definition) is 5. The molecule has 29 heavy (non-hydrogen) atoms. The van der Waals surface area contributed by atoms with Gasteiger partial charge in [-0.25, -0.2) is 18.1 Å². The molecule has 0 fully saturated rings. The summed E-state index contributed by atoms with van der Waals surface area (Å²) in [7, 11) is -1.87. The Hall–Kier alpha value is -2.45. The van der Waals surface area contributed by atoms with Crippen molar-refractivity contribution in [3.63, 3.8) is 0 Å². The summed E-state index contributed by atoms with van der Waals surface area (Å²) in [4.78, 5) is 18.4. The van der Waals surface area contributed by atoms with Crippen LogP contribution in [-0.4, -0.2) is 38.9 Å². The zero-order chi connectivity index (χ0) is 21.6. The Morgan fingerprint density at radius 3 is 2.55 bits per heavy atom. The van der Waals surface area contributed by atoms with E-state index in [2.05, 4.69) is 15.0 Å². The van der Waals surface area contributed by atoms with Crippen molar-refractivity contribution in [2.75, 3.05) is 23.8 Å². The first kappa shape index (κ1) is 22.8. The number of rotatable bonds is 9. The zero-order valence-electron chi connectivity index (χ0n) is 17.7. The molecule has 0 aliphatic carbocycles. The predicted octanol–water partition coefficient (Wildman–Crippen LogP) is 3.24. The van der Waals surface area contributed by atoms with Crippen LogP contribution >= 0.6 is 0 Å². The van der Waals surface area contributed by atoms with Crippen LogP contribution in [0.25, 0.3) is 0 Å². The van der Waals surface area contributed by atoms with Gasteiger partial charge in [0.25, 0.3) is 0 Å². The van der Waals surface area contributed by atoms with Crippen molar-refractivity contribution in [2.24, 2.45) is 0 Å². The summed E-state index contributed by atoms with van der Waals surface area (Å²) in [5.74, 6) is 0.344. The highest BCUT2D eigenvalue weighted by atomic mass is 32.2. The van der Waals surface area contributed by atoms with Gasteiger partial charge in [0.2, 0.25) is 15.9 Å². The monoisotopic (exact) mass is 418 g/mol. The summed E-state index contributed by atoms with van der Waals surface area (Å²) in [5.41, 5.74) is 2.92. The second-order valence-corrected chi connectivity index (χ2v) is 9.03. The number of carbonyl (C=O) groups is 1. The number of nitrogens with zero attached hydrogens (tertiary/aromatic N) is 2. The van der Waals surface area contributed by atoms with E-state index in [0.717, 1.165) is 29.7 Å². The number of sulfonamides is 1. The van der Waals surface area contributed by atoms with Gasteiger partial charge in [-0.15, -0.1) is 0 Å². The summed E-state index contributed by atoms with van der Waals surface area (Å²) in [5, 5.41) is 2.91. The van der Waals surface area contributed by atoms with Gasteiger partial charge >= 0.3 is 0 Å². The summed E-state index contributed by atoms with van der Waals surface area (Å²) in [6, 6.07) is 8.73. The Bertz CT molecular complexity index is 943. The zero-order valence-corrected chi connectivity index (χ0v) is 18.5. The van der Waals surface area contributed by atoms with Crippen LogP contribution in [0.5, 0.6) is 0 Å². The van der Waals surface area contributed by atoms with Crippen molar-refractivity contribution in [2.45, 2.75) is 51.5 Å². The molecule has 2 aromatic rings. The number of benzene rings is 1. The number of anilines is 2. The van der Waals surface area contributed by atoms with E-state index in [0.29, 0.717) is 5.82 Å². The number of pyridine rings is 1. The fourth-order valence-electron chi connectivity index (χ4n) is 2.95. The number of likely N-dealkylation sites (N-methyl/N-ethyl adjacent to an activating group) is 1. The highest BCUT2D eigenvalue weighted by Crippen LogP contribution is 2.18. The summed E-state index contributed by atoms with van der Waals surface area (Å²) in [6.45, 7) is 7.90. The second kappa shape index (κ2) is 9.84. The number of amides is 1. The van der Waals surface area contributed by atoms with E-state index < -0.39 is 10.0 Å². The predicted molar refractivity (Wildman–Crippen MR) is 117 cm³/mol. The SMILES string of the molecule is CCCC(C)NS(=O)(=O)c1ccc(N(C)CC(=O)Nc2cccc(C)c2C)nc1. The van der Waals surface area contributed by atoms with Gasteiger partial charge in [0, 0.05) is 25.0 Å². The standard InChI is InChI=1S/C21H30N4O3S/c1-6-8-16(3)24-29(27,28)18-11-12-20(22-13-18)25(5)14-21(26)23-19-10-7-9-15(2)17(19)4/h7,9-13,16,24H,6,8,14H2,1-5H3,(H,23,26). The Balaban J connectivity index is 2.02. The summed E-state index contributed by atoms with van der Waals surface area (Å²) in [6.07, 6.45) is 2.98. The van der Waals surface area contributed by atoms with Crippen LogP contribution in [0.2, 0.25) is 0 Å². The second-order valence-electron chi connectivity index (χ2n) is 7.31. The van der Waals surface area contributed by atoms with Crippen molar-refractivity contribution in [3.8, 4) is 0 Å². The molecule has 7 nitrogen and oxygen atoms in total. The molecule has 1 heterocycles. The molecule has 0 saturated carbocycles. The van der Waals surface area contributed by atoms with Gasteiger partial charge in [-0.1, -0.05) is 25.5 Å². The van der Waals surface area contributed by atoms with Crippen LogP contribution < -0.4 is 14.9 Å². The van der Waals surface area contributed by atoms with Crippen molar-refractivity contribution < 1.29 is 13.2 Å². The van der Waals surface area contributed by atoms with E-state index in [4.69, 9.17) is 0 Å². The molecule has 2 N–H and O–H groups in total. The van der Waals surface area contributed by atoms with Gasteiger partial charge in [-0.2, -0.15) is 0 Å². The van der Waals surface area contributed by atoms with Crippen LogP contribution in [0.15, 0.2) is 41.4 Å². The molecular formula is C21H30N4O3S. The lowest BCUT2D eigenvalue weighted by molar-refractivity contribution is -0.114. The molecular weight excluding hydrogens is 388 g/mol. The maximum absolute atomic E-state index is 12.4. The third-order valence-electron chi connectivity index (χ3n) is 4.76. The Morgan fingerprint density at radius 2 is 1.93 bits per heavy atom. The van der Waals surface area contributed by atoms with Crippen molar-refractivity contribution in [1.82, 2.24) is 9.71 Å². The van der Waals surface area contributed by atoms with E-state index in [-0.39, 0.29) is 23.4 Å². The number of aryl methyl sites for hydroxylation is 1. The smallest absolute Gasteiger partial charge is 0.243 e. The van der Waals surface area contributed by atoms with Gasteiger partial charge in [0.1, 0.15) is 10.7 Å². The molecule has 158 valence electrons. The number of carbonyl (C=O) groups excluding carboxylic acids is 1. The quantitative estimate of drug-likeness (QED) is 0.652. The van der Waals surface area contributed by atoms with Gasteiger partial charge in [-0.05, 0) is 56.5 Å². The lowest BCUT2D eigenvalue weighted by Crippen LogP contribution is -2.33. The maximum Gasteiger partial charge on any atom is 0.243 e. The molecule has 1 aromatic carbocycles. The van der Waals surface area contributed by atoms with Crippen LogP contribution in [0.4, 0.5) is 11.5 Å². The first-order chi connectivity index (χ1) is 13.6. The van der Waals surface area contributed by atoms with E-state index in [9.17, 15) is 13.2 Å². The molecule has 1 unspecified atom stereocenters. The van der Waals surface area contributed by atoms with E-state index in [1.54, 1.807) is 18.0 Å². The lowest BCUT2D eigenvalue weighted by atomic mass is 10.1. The Morgan fingerprint density at radius 1 is 1.21 bits per heavy atom. The minimum absolute atomic E-state index is 0.0955. The molecule has 0 spiro atoms. The summed E-state index contributed by atoms with van der Waals surface area (Å²) >= 11 is 0. The van der Waals surface area contributed by atoms with Gasteiger partial charge in [0.05, 0.1) is 6.54 Å². The third kappa shape index (κ3) is 6.27. The van der Waals surface area contributed by atoms with E-state index in [1.807, 2.05) is 45.9 Å². The number of nitrogens with one attached hydrogen (secondary N) is 2. The molecule has 0 bridgehead atoms. The molecule has 1 amide bonds. The molecule has 0 aliphatic rings. The fourth-order valence-corrected chi connectivity index (χ4v) is 4.18. The van der Waals surface area contributed by atoms with Crippen LogP contribution in [0.3, 0.4) is 0 Å². The van der Waals surface area contributed by atoms with Crippen molar-refractivity contribution in [3.05, 3.63) is 47.7 Å². The minimum atomic E-state index is -3.61. The van der Waals surface area contributed by atoms with Crippen molar-refractivity contribution >= 4 is 27.4 Å². The fraction of sp³-hybridized carbons (Fsp3) is 0.429. The lowest BCUT2D eigenvalue weighted by Gasteiger charge is -2.19. The van der Waals surface area contributed by atoms with Crippen molar-refractivity contribution in [1.29, 1.82) is 0 Å². The van der Waals surface area contributed by atoms with Gasteiger partial charge < -0.3 is 10.2 Å². The van der Waals surface area contributed by atoms with Gasteiger partial charge in [0.15, 0.2) is 0 Å². The van der Waals surface area contributed by atoms with E-state index in [1.165, 1.54) is 12.3 Å². The Kier molecular flexibility index (Phi) is 7.75. The average molecular weight is 419 g/mol. The highest BCUT2D eigenvalue weighted by molar-refractivity contribution is 7.89. The first-order valence-electron chi connectivity index (χ1n) is 9.69.